The Hall–Kier alpha value is -1.42. The molecule has 1 saturated heterocycles. The number of amides is 1. The average Bonchev–Trinajstić information content (AvgIpc) is 2.93. The monoisotopic (exact) mass is 276 g/mol. The van der Waals surface area contributed by atoms with E-state index in [9.17, 15) is 4.79 Å². The first-order valence-corrected chi connectivity index (χ1v) is 7.49. The Bertz CT molecular complexity index is 420. The Morgan fingerprint density at radius 1 is 1.45 bits per heavy atom. The summed E-state index contributed by atoms with van der Waals surface area (Å²) in [6, 6.07) is 4.26. The van der Waals surface area contributed by atoms with Gasteiger partial charge in [0.1, 0.15) is 0 Å². The zero-order valence-corrected chi connectivity index (χ0v) is 12.4. The fourth-order valence-corrected chi connectivity index (χ4v) is 2.68. The minimum Gasteiger partial charge on any atom is -0.379 e. The molecule has 1 aliphatic rings. The molecule has 2 rings (SSSR count). The van der Waals surface area contributed by atoms with E-state index in [1.165, 1.54) is 5.56 Å². The summed E-state index contributed by atoms with van der Waals surface area (Å²) in [6.07, 6.45) is 7.35. The molecular weight excluding hydrogens is 252 g/mol. The smallest absolute Gasteiger partial charge is 0.223 e. The van der Waals surface area contributed by atoms with E-state index in [4.69, 9.17) is 4.74 Å². The molecular formula is C16H24N2O2. The van der Waals surface area contributed by atoms with Crippen molar-refractivity contribution in [1.82, 2.24) is 9.88 Å². The lowest BCUT2D eigenvalue weighted by Gasteiger charge is -2.25. The van der Waals surface area contributed by atoms with E-state index >= 15 is 0 Å². The highest BCUT2D eigenvalue weighted by molar-refractivity contribution is 5.77. The predicted molar refractivity (Wildman–Crippen MR) is 78.2 cm³/mol. The van der Waals surface area contributed by atoms with Crippen LogP contribution in [0.2, 0.25) is 0 Å². The number of hydrogen-bond donors (Lipinski definition) is 0. The molecule has 110 valence electrons. The number of hydrogen-bond acceptors (Lipinski definition) is 3. The van der Waals surface area contributed by atoms with Crippen molar-refractivity contribution in [3.63, 3.8) is 0 Å². The SMILES string of the molecule is CC(C)OCCCC(=O)N1CCCC1c1ccncc1. The van der Waals surface area contributed by atoms with E-state index in [1.807, 2.05) is 30.9 Å². The van der Waals surface area contributed by atoms with Crippen molar-refractivity contribution in [2.24, 2.45) is 0 Å². The Labute approximate surface area is 121 Å². The zero-order valence-electron chi connectivity index (χ0n) is 12.4. The fraction of sp³-hybridized carbons (Fsp3) is 0.625. The summed E-state index contributed by atoms with van der Waals surface area (Å²) < 4.78 is 5.49. The van der Waals surface area contributed by atoms with Crippen molar-refractivity contribution in [1.29, 1.82) is 0 Å². The van der Waals surface area contributed by atoms with Crippen molar-refractivity contribution in [2.45, 2.75) is 51.7 Å². The molecule has 0 radical (unpaired) electrons. The first-order chi connectivity index (χ1) is 9.68. The third-order valence-electron chi connectivity index (χ3n) is 3.65. The largest absolute Gasteiger partial charge is 0.379 e. The molecule has 4 nitrogen and oxygen atoms in total. The van der Waals surface area contributed by atoms with Gasteiger partial charge in [0.15, 0.2) is 0 Å². The van der Waals surface area contributed by atoms with Gasteiger partial charge in [-0.25, -0.2) is 0 Å². The van der Waals surface area contributed by atoms with E-state index in [1.54, 1.807) is 12.4 Å². The first kappa shape index (κ1) is 15.0. The Balaban J connectivity index is 1.86. The maximum atomic E-state index is 12.3. The summed E-state index contributed by atoms with van der Waals surface area (Å²) in [7, 11) is 0. The van der Waals surface area contributed by atoms with Crippen molar-refractivity contribution >= 4 is 5.91 Å². The number of pyridine rings is 1. The molecule has 2 heterocycles. The van der Waals surface area contributed by atoms with Crippen LogP contribution in [0.1, 0.15) is 51.1 Å². The molecule has 1 amide bonds. The minimum atomic E-state index is 0.233. The van der Waals surface area contributed by atoms with Crippen LogP contribution < -0.4 is 0 Å². The van der Waals surface area contributed by atoms with Gasteiger partial charge in [0.2, 0.25) is 5.91 Å². The number of likely N-dealkylation sites (tertiary alicyclic amines) is 1. The Morgan fingerprint density at radius 3 is 2.90 bits per heavy atom. The quantitative estimate of drug-likeness (QED) is 0.750. The summed E-state index contributed by atoms with van der Waals surface area (Å²) in [4.78, 5) is 18.4. The van der Waals surface area contributed by atoms with E-state index in [-0.39, 0.29) is 18.1 Å². The summed E-state index contributed by atoms with van der Waals surface area (Å²) in [5.74, 6) is 0.247. The normalized spacial score (nSPS) is 18.8. The second-order valence-electron chi connectivity index (χ2n) is 5.55. The standard InChI is InChI=1S/C16H24N2O2/c1-13(2)20-12-4-6-16(19)18-11-3-5-15(18)14-7-9-17-10-8-14/h7-10,13,15H,3-6,11-12H2,1-2H3. The van der Waals surface area contributed by atoms with Gasteiger partial charge >= 0.3 is 0 Å². The van der Waals surface area contributed by atoms with Gasteiger partial charge in [-0.05, 0) is 50.8 Å². The number of rotatable bonds is 6. The summed E-state index contributed by atoms with van der Waals surface area (Å²) in [5.41, 5.74) is 1.20. The van der Waals surface area contributed by atoms with Crippen LogP contribution in [0, 0.1) is 0 Å². The second kappa shape index (κ2) is 7.39. The van der Waals surface area contributed by atoms with Gasteiger partial charge in [-0.2, -0.15) is 0 Å². The van der Waals surface area contributed by atoms with E-state index in [0.717, 1.165) is 25.8 Å². The summed E-state index contributed by atoms with van der Waals surface area (Å²) >= 11 is 0. The number of nitrogens with zero attached hydrogens (tertiary/aromatic N) is 2. The number of carbonyl (C=O) groups excluding carboxylic acids is 1. The highest BCUT2D eigenvalue weighted by atomic mass is 16.5. The Kier molecular flexibility index (Phi) is 5.53. The Morgan fingerprint density at radius 2 is 2.20 bits per heavy atom. The van der Waals surface area contributed by atoms with E-state index in [0.29, 0.717) is 13.0 Å². The maximum absolute atomic E-state index is 12.3. The molecule has 0 N–H and O–H groups in total. The van der Waals surface area contributed by atoms with Gasteiger partial charge in [0.05, 0.1) is 12.1 Å². The average molecular weight is 276 g/mol. The van der Waals surface area contributed by atoms with E-state index < -0.39 is 0 Å². The van der Waals surface area contributed by atoms with Crippen molar-refractivity contribution in [3.05, 3.63) is 30.1 Å². The number of aromatic nitrogens is 1. The highest BCUT2D eigenvalue weighted by Gasteiger charge is 2.29. The van der Waals surface area contributed by atoms with Crippen LogP contribution in [-0.2, 0) is 9.53 Å². The van der Waals surface area contributed by atoms with Gasteiger partial charge in [-0.3, -0.25) is 9.78 Å². The van der Waals surface area contributed by atoms with Crippen LogP contribution in [0.3, 0.4) is 0 Å². The molecule has 1 atom stereocenters. The van der Waals surface area contributed by atoms with Crippen LogP contribution in [0.5, 0.6) is 0 Å². The lowest BCUT2D eigenvalue weighted by Crippen LogP contribution is -2.30. The minimum absolute atomic E-state index is 0.233. The van der Waals surface area contributed by atoms with Gasteiger partial charge < -0.3 is 9.64 Å². The van der Waals surface area contributed by atoms with Gasteiger partial charge in [-0.1, -0.05) is 0 Å². The van der Waals surface area contributed by atoms with Gasteiger partial charge in [0.25, 0.3) is 0 Å². The summed E-state index contributed by atoms with van der Waals surface area (Å²) in [6.45, 7) is 5.57. The lowest BCUT2D eigenvalue weighted by atomic mass is 10.1. The summed E-state index contributed by atoms with van der Waals surface area (Å²) in [5, 5.41) is 0. The molecule has 1 aromatic rings. The lowest BCUT2D eigenvalue weighted by molar-refractivity contribution is -0.132. The van der Waals surface area contributed by atoms with Crippen LogP contribution >= 0.6 is 0 Å². The van der Waals surface area contributed by atoms with Crippen molar-refractivity contribution in [3.8, 4) is 0 Å². The van der Waals surface area contributed by atoms with Gasteiger partial charge in [0, 0.05) is 32.0 Å². The van der Waals surface area contributed by atoms with Crippen LogP contribution in [0.4, 0.5) is 0 Å². The van der Waals surface area contributed by atoms with Crippen molar-refractivity contribution in [2.75, 3.05) is 13.2 Å². The molecule has 0 spiro atoms. The van der Waals surface area contributed by atoms with E-state index in [2.05, 4.69) is 4.98 Å². The molecule has 0 aliphatic carbocycles. The molecule has 0 bridgehead atoms. The van der Waals surface area contributed by atoms with Crippen LogP contribution in [-0.4, -0.2) is 35.0 Å². The van der Waals surface area contributed by atoms with Crippen LogP contribution in [0.25, 0.3) is 0 Å². The third kappa shape index (κ3) is 4.04. The topological polar surface area (TPSA) is 42.4 Å². The maximum Gasteiger partial charge on any atom is 0.223 e. The molecule has 1 unspecified atom stereocenters. The number of carbonyl (C=O) groups is 1. The zero-order chi connectivity index (χ0) is 14.4. The molecule has 4 heteroatoms. The van der Waals surface area contributed by atoms with Crippen molar-refractivity contribution < 1.29 is 9.53 Å². The molecule has 1 aliphatic heterocycles. The molecule has 1 fully saturated rings. The molecule has 1 aromatic heterocycles. The predicted octanol–water partition coefficient (Wildman–Crippen LogP) is 2.95. The second-order valence-corrected chi connectivity index (χ2v) is 5.55. The third-order valence-corrected chi connectivity index (χ3v) is 3.65. The number of ether oxygens (including phenoxy) is 1. The molecule has 20 heavy (non-hydrogen) atoms. The first-order valence-electron chi connectivity index (χ1n) is 7.49. The highest BCUT2D eigenvalue weighted by Crippen LogP contribution is 2.32. The van der Waals surface area contributed by atoms with Crippen LogP contribution in [0.15, 0.2) is 24.5 Å². The molecule has 0 saturated carbocycles. The van der Waals surface area contributed by atoms with Gasteiger partial charge in [-0.15, -0.1) is 0 Å². The molecule has 0 aromatic carbocycles. The fourth-order valence-electron chi connectivity index (χ4n) is 2.68.